The second-order valence-corrected chi connectivity index (χ2v) is 4.24. The van der Waals surface area contributed by atoms with Gasteiger partial charge in [0.1, 0.15) is 0 Å². The van der Waals surface area contributed by atoms with E-state index in [0.29, 0.717) is 6.54 Å². The van der Waals surface area contributed by atoms with Crippen molar-refractivity contribution in [2.24, 2.45) is 0 Å². The fourth-order valence-corrected chi connectivity index (χ4v) is 1.72. The average molecular weight is 261 g/mol. The molecule has 0 saturated carbocycles. The lowest BCUT2D eigenvalue weighted by atomic mass is 10.1. The van der Waals surface area contributed by atoms with E-state index < -0.39 is 17.5 Å². The van der Waals surface area contributed by atoms with Gasteiger partial charge in [-0.1, -0.05) is 24.3 Å². The maximum absolute atomic E-state index is 13.0. The lowest BCUT2D eigenvalue weighted by Gasteiger charge is -2.08. The first-order valence-corrected chi connectivity index (χ1v) is 5.85. The third-order valence-corrected chi connectivity index (χ3v) is 2.88. The van der Waals surface area contributed by atoms with Crippen molar-refractivity contribution in [2.45, 2.75) is 13.5 Å². The number of hydrogen-bond acceptors (Lipinski definition) is 1. The summed E-state index contributed by atoms with van der Waals surface area (Å²) in [6, 6.07) is 10.7. The van der Waals surface area contributed by atoms with Crippen LogP contribution in [0.15, 0.2) is 42.5 Å². The lowest BCUT2D eigenvalue weighted by molar-refractivity contribution is 0.0950. The minimum Gasteiger partial charge on any atom is -0.348 e. The fraction of sp³-hybridized carbons (Fsp3) is 0.133. The third kappa shape index (κ3) is 3.16. The highest BCUT2D eigenvalue weighted by atomic mass is 19.2. The average Bonchev–Trinajstić information content (AvgIpc) is 2.40. The van der Waals surface area contributed by atoms with Crippen LogP contribution in [0, 0.1) is 18.6 Å². The minimum absolute atomic E-state index is 0.104. The van der Waals surface area contributed by atoms with E-state index in [1.165, 1.54) is 6.07 Å². The summed E-state index contributed by atoms with van der Waals surface area (Å²) in [4.78, 5) is 11.8. The van der Waals surface area contributed by atoms with Crippen molar-refractivity contribution >= 4 is 5.91 Å². The van der Waals surface area contributed by atoms with Gasteiger partial charge in [0.15, 0.2) is 11.6 Å². The molecule has 2 aromatic carbocycles. The van der Waals surface area contributed by atoms with E-state index in [-0.39, 0.29) is 5.56 Å². The molecular weight excluding hydrogens is 248 g/mol. The number of halogens is 2. The third-order valence-electron chi connectivity index (χ3n) is 2.88. The van der Waals surface area contributed by atoms with E-state index in [9.17, 15) is 13.6 Å². The largest absolute Gasteiger partial charge is 0.348 e. The topological polar surface area (TPSA) is 29.1 Å². The van der Waals surface area contributed by atoms with Gasteiger partial charge in [-0.25, -0.2) is 8.78 Å². The van der Waals surface area contributed by atoms with E-state index in [4.69, 9.17) is 0 Å². The summed E-state index contributed by atoms with van der Waals surface area (Å²) in [6.07, 6.45) is 0. The Morgan fingerprint density at radius 3 is 2.53 bits per heavy atom. The number of carbonyl (C=O) groups excluding carboxylic acids is 1. The van der Waals surface area contributed by atoms with Gasteiger partial charge in [0.05, 0.1) is 0 Å². The van der Waals surface area contributed by atoms with Gasteiger partial charge in [0, 0.05) is 12.1 Å². The number of benzene rings is 2. The molecule has 0 fully saturated rings. The first-order chi connectivity index (χ1) is 9.08. The van der Waals surface area contributed by atoms with Gasteiger partial charge in [-0.15, -0.1) is 0 Å². The van der Waals surface area contributed by atoms with Crippen molar-refractivity contribution < 1.29 is 13.6 Å². The summed E-state index contributed by atoms with van der Waals surface area (Å²) in [7, 11) is 0. The molecule has 0 radical (unpaired) electrons. The number of carbonyl (C=O) groups is 1. The van der Waals surface area contributed by atoms with Gasteiger partial charge in [-0.05, 0) is 36.2 Å². The summed E-state index contributed by atoms with van der Waals surface area (Å²) >= 11 is 0. The zero-order chi connectivity index (χ0) is 13.8. The number of rotatable bonds is 3. The predicted molar refractivity (Wildman–Crippen MR) is 68.7 cm³/mol. The van der Waals surface area contributed by atoms with Crippen LogP contribution in [0.3, 0.4) is 0 Å². The van der Waals surface area contributed by atoms with Crippen LogP contribution < -0.4 is 5.32 Å². The molecular formula is C15H13F2NO. The Labute approximate surface area is 110 Å². The molecule has 0 atom stereocenters. The Hall–Kier alpha value is -2.23. The predicted octanol–water partition coefficient (Wildman–Crippen LogP) is 3.20. The monoisotopic (exact) mass is 261 g/mol. The zero-order valence-corrected chi connectivity index (χ0v) is 10.4. The summed E-state index contributed by atoms with van der Waals surface area (Å²) < 4.78 is 25.8. The van der Waals surface area contributed by atoms with E-state index in [1.54, 1.807) is 0 Å². The van der Waals surface area contributed by atoms with Crippen molar-refractivity contribution in [3.63, 3.8) is 0 Å². The summed E-state index contributed by atoms with van der Waals surface area (Å²) in [5, 5.41) is 2.67. The lowest BCUT2D eigenvalue weighted by Crippen LogP contribution is -2.23. The van der Waals surface area contributed by atoms with Gasteiger partial charge >= 0.3 is 0 Å². The molecule has 19 heavy (non-hydrogen) atoms. The Bertz CT molecular complexity index is 611. The van der Waals surface area contributed by atoms with Crippen LogP contribution in [0.5, 0.6) is 0 Å². The maximum Gasteiger partial charge on any atom is 0.251 e. The van der Waals surface area contributed by atoms with Crippen molar-refractivity contribution in [1.82, 2.24) is 5.32 Å². The molecule has 2 aromatic rings. The normalized spacial score (nSPS) is 10.3. The Balaban J connectivity index is 2.05. The van der Waals surface area contributed by atoms with Crippen LogP contribution in [-0.4, -0.2) is 5.91 Å². The van der Waals surface area contributed by atoms with Crippen molar-refractivity contribution in [3.8, 4) is 0 Å². The van der Waals surface area contributed by atoms with E-state index in [1.807, 2.05) is 31.2 Å². The highest BCUT2D eigenvalue weighted by Crippen LogP contribution is 2.10. The van der Waals surface area contributed by atoms with Crippen LogP contribution >= 0.6 is 0 Å². The Morgan fingerprint density at radius 2 is 1.84 bits per heavy atom. The summed E-state index contributed by atoms with van der Waals surface area (Å²) in [5.74, 6) is -2.42. The quantitative estimate of drug-likeness (QED) is 0.903. The molecule has 1 amide bonds. The first kappa shape index (κ1) is 13.2. The zero-order valence-electron chi connectivity index (χ0n) is 10.4. The van der Waals surface area contributed by atoms with E-state index >= 15 is 0 Å². The Morgan fingerprint density at radius 1 is 1.11 bits per heavy atom. The van der Waals surface area contributed by atoms with Gasteiger partial charge in [0.2, 0.25) is 0 Å². The Kier molecular flexibility index (Phi) is 3.90. The molecule has 0 aliphatic carbocycles. The van der Waals surface area contributed by atoms with Gasteiger partial charge in [-0.2, -0.15) is 0 Å². The molecule has 1 N–H and O–H groups in total. The van der Waals surface area contributed by atoms with Crippen LogP contribution in [0.2, 0.25) is 0 Å². The van der Waals surface area contributed by atoms with E-state index in [0.717, 1.165) is 23.3 Å². The smallest absolute Gasteiger partial charge is 0.251 e. The second kappa shape index (κ2) is 5.61. The molecule has 98 valence electrons. The SMILES string of the molecule is Cc1ccccc1CNC(=O)c1ccc(F)c(F)c1. The molecule has 0 bridgehead atoms. The van der Waals surface area contributed by atoms with E-state index in [2.05, 4.69) is 5.32 Å². The molecule has 0 unspecified atom stereocenters. The molecule has 0 aliphatic heterocycles. The summed E-state index contributed by atoms with van der Waals surface area (Å²) in [6.45, 7) is 2.30. The number of hydrogen-bond donors (Lipinski definition) is 1. The highest BCUT2D eigenvalue weighted by molar-refractivity contribution is 5.94. The standard InChI is InChI=1S/C15H13F2NO/c1-10-4-2-3-5-12(10)9-18-15(19)11-6-7-13(16)14(17)8-11/h2-8H,9H2,1H3,(H,18,19). The van der Waals surface area contributed by atoms with Crippen molar-refractivity contribution in [1.29, 1.82) is 0 Å². The number of aryl methyl sites for hydroxylation is 1. The molecule has 0 aromatic heterocycles. The maximum atomic E-state index is 13.0. The fourth-order valence-electron chi connectivity index (χ4n) is 1.72. The summed E-state index contributed by atoms with van der Waals surface area (Å²) in [5.41, 5.74) is 2.15. The molecule has 0 spiro atoms. The van der Waals surface area contributed by atoms with Gasteiger partial charge in [0.25, 0.3) is 5.91 Å². The van der Waals surface area contributed by atoms with Crippen LogP contribution in [0.1, 0.15) is 21.5 Å². The van der Waals surface area contributed by atoms with Crippen LogP contribution in [0.4, 0.5) is 8.78 Å². The van der Waals surface area contributed by atoms with Gasteiger partial charge < -0.3 is 5.32 Å². The molecule has 0 aliphatic rings. The molecule has 2 nitrogen and oxygen atoms in total. The molecule has 2 rings (SSSR count). The van der Waals surface area contributed by atoms with Crippen LogP contribution in [0.25, 0.3) is 0 Å². The van der Waals surface area contributed by atoms with Crippen molar-refractivity contribution in [3.05, 3.63) is 70.8 Å². The minimum atomic E-state index is -1.02. The second-order valence-electron chi connectivity index (χ2n) is 4.24. The number of amides is 1. The molecule has 0 heterocycles. The van der Waals surface area contributed by atoms with Gasteiger partial charge in [-0.3, -0.25) is 4.79 Å². The van der Waals surface area contributed by atoms with Crippen LogP contribution in [-0.2, 0) is 6.54 Å². The molecule has 4 heteroatoms. The molecule has 0 saturated heterocycles. The first-order valence-electron chi connectivity index (χ1n) is 5.85. The highest BCUT2D eigenvalue weighted by Gasteiger charge is 2.09. The number of nitrogens with one attached hydrogen (secondary N) is 1. The van der Waals surface area contributed by atoms with Crippen molar-refractivity contribution in [2.75, 3.05) is 0 Å².